The van der Waals surface area contributed by atoms with Crippen molar-refractivity contribution in [2.24, 2.45) is 5.92 Å². The quantitative estimate of drug-likeness (QED) is 0.833. The number of hydroxylamine groups is 2. The molecule has 6 nitrogen and oxygen atoms in total. The van der Waals surface area contributed by atoms with E-state index in [-0.39, 0.29) is 30.2 Å². The zero-order valence-electron chi connectivity index (χ0n) is 14.6. The molecule has 0 bridgehead atoms. The summed E-state index contributed by atoms with van der Waals surface area (Å²) in [4.78, 5) is 32.1. The Kier molecular flexibility index (Phi) is 4.36. The summed E-state index contributed by atoms with van der Waals surface area (Å²) >= 11 is 0. The van der Waals surface area contributed by atoms with E-state index in [0.717, 1.165) is 5.56 Å². The normalized spacial score (nSPS) is 28.2. The third kappa shape index (κ3) is 2.91. The molecule has 0 radical (unpaired) electrons. The monoisotopic (exact) mass is 332 g/mol. The smallest absolute Gasteiger partial charge is 0.416 e. The zero-order valence-corrected chi connectivity index (χ0v) is 14.6. The maximum Gasteiger partial charge on any atom is 0.416 e. The Morgan fingerprint density at radius 3 is 2.42 bits per heavy atom. The second kappa shape index (κ2) is 6.18. The second-order valence-electron chi connectivity index (χ2n) is 7.29. The van der Waals surface area contributed by atoms with Crippen LogP contribution in [0.3, 0.4) is 0 Å². The van der Waals surface area contributed by atoms with E-state index in [0.29, 0.717) is 6.54 Å². The van der Waals surface area contributed by atoms with Crippen molar-refractivity contribution in [3.8, 4) is 0 Å². The maximum atomic E-state index is 13.0. The molecule has 2 heterocycles. The molecule has 0 unspecified atom stereocenters. The van der Waals surface area contributed by atoms with Crippen molar-refractivity contribution in [3.05, 3.63) is 35.9 Å². The molecule has 6 heteroatoms. The van der Waals surface area contributed by atoms with Gasteiger partial charge in [-0.05, 0) is 33.3 Å². The molecule has 2 aliphatic heterocycles. The van der Waals surface area contributed by atoms with E-state index in [1.807, 2.05) is 63.1 Å². The predicted octanol–water partition coefficient (Wildman–Crippen LogP) is 2.76. The molecule has 2 amide bonds. The van der Waals surface area contributed by atoms with Crippen LogP contribution in [0.4, 0.5) is 4.79 Å². The molecule has 0 spiro atoms. The summed E-state index contributed by atoms with van der Waals surface area (Å²) in [7, 11) is 0. The van der Waals surface area contributed by atoms with Gasteiger partial charge in [0.1, 0.15) is 6.61 Å². The number of imide groups is 1. The molecule has 24 heavy (non-hydrogen) atoms. The topological polar surface area (TPSA) is 59.1 Å². The Morgan fingerprint density at radius 1 is 1.21 bits per heavy atom. The highest BCUT2D eigenvalue weighted by Gasteiger charge is 2.52. The lowest BCUT2D eigenvalue weighted by Gasteiger charge is -2.36. The Hall–Kier alpha value is -1.92. The number of rotatable bonds is 2. The summed E-state index contributed by atoms with van der Waals surface area (Å²) in [6.07, 6.45) is -0.886. The largest absolute Gasteiger partial charge is 0.447 e. The summed E-state index contributed by atoms with van der Waals surface area (Å²) in [6.45, 7) is 8.58. The van der Waals surface area contributed by atoms with Crippen LogP contribution in [0.25, 0.3) is 0 Å². The number of amides is 2. The Morgan fingerprint density at radius 2 is 1.88 bits per heavy atom. The number of cyclic esters (lactones) is 1. The van der Waals surface area contributed by atoms with Gasteiger partial charge in [0.25, 0.3) is 0 Å². The fraction of sp³-hybridized carbons (Fsp3) is 0.556. The summed E-state index contributed by atoms with van der Waals surface area (Å²) < 4.78 is 4.93. The lowest BCUT2D eigenvalue weighted by Crippen LogP contribution is -2.44. The van der Waals surface area contributed by atoms with Crippen LogP contribution in [0.5, 0.6) is 0 Å². The van der Waals surface area contributed by atoms with Crippen molar-refractivity contribution in [2.45, 2.75) is 45.4 Å². The van der Waals surface area contributed by atoms with E-state index in [9.17, 15) is 9.59 Å². The van der Waals surface area contributed by atoms with Gasteiger partial charge >= 0.3 is 6.09 Å². The van der Waals surface area contributed by atoms with Crippen LogP contribution in [-0.2, 0) is 14.4 Å². The van der Waals surface area contributed by atoms with Crippen LogP contribution in [0.15, 0.2) is 30.3 Å². The zero-order chi connectivity index (χ0) is 17.5. The molecule has 1 aromatic rings. The summed E-state index contributed by atoms with van der Waals surface area (Å²) in [6, 6.07) is 9.58. The van der Waals surface area contributed by atoms with Gasteiger partial charge in [0.05, 0.1) is 24.6 Å². The average Bonchev–Trinajstić information content (AvgIpc) is 3.10. The van der Waals surface area contributed by atoms with Crippen LogP contribution in [0.2, 0.25) is 0 Å². The lowest BCUT2D eigenvalue weighted by molar-refractivity contribution is -0.209. The predicted molar refractivity (Wildman–Crippen MR) is 87.9 cm³/mol. The van der Waals surface area contributed by atoms with Crippen LogP contribution in [0, 0.1) is 5.92 Å². The van der Waals surface area contributed by atoms with Gasteiger partial charge in [-0.25, -0.2) is 9.69 Å². The number of hydrogen-bond acceptors (Lipinski definition) is 5. The van der Waals surface area contributed by atoms with Gasteiger partial charge in [-0.3, -0.25) is 9.63 Å². The third-order valence-corrected chi connectivity index (χ3v) is 4.49. The first-order chi connectivity index (χ1) is 11.3. The molecule has 3 rings (SSSR count). The molecule has 0 saturated carbocycles. The minimum atomic E-state index is -0.562. The second-order valence-corrected chi connectivity index (χ2v) is 7.29. The van der Waals surface area contributed by atoms with Crippen LogP contribution in [-0.4, -0.2) is 46.8 Å². The van der Waals surface area contributed by atoms with Gasteiger partial charge in [-0.1, -0.05) is 30.3 Å². The molecule has 2 fully saturated rings. The number of benzene rings is 1. The van der Waals surface area contributed by atoms with E-state index < -0.39 is 12.0 Å². The molecule has 0 N–H and O–H groups in total. The molecule has 0 aromatic heterocycles. The molecular formula is C18H24N2O4. The van der Waals surface area contributed by atoms with E-state index >= 15 is 0 Å². The lowest BCUT2D eigenvalue weighted by atomic mass is 9.87. The molecule has 1 aromatic carbocycles. The highest BCUT2D eigenvalue weighted by Crippen LogP contribution is 2.44. The summed E-state index contributed by atoms with van der Waals surface area (Å²) in [5.74, 6) is -0.692. The SMILES string of the molecule is C[C@H]1ON(C(C)(C)C)[C@@H](c2ccccc2)[C@@H]1C(=O)N1CCOC1=O. The van der Waals surface area contributed by atoms with Gasteiger partial charge in [0.2, 0.25) is 5.91 Å². The molecule has 2 saturated heterocycles. The average molecular weight is 332 g/mol. The number of ether oxygens (including phenoxy) is 1. The van der Waals surface area contributed by atoms with Crippen molar-refractivity contribution < 1.29 is 19.2 Å². The van der Waals surface area contributed by atoms with Crippen LogP contribution < -0.4 is 0 Å². The van der Waals surface area contributed by atoms with Crippen molar-refractivity contribution in [1.29, 1.82) is 0 Å². The van der Waals surface area contributed by atoms with Gasteiger partial charge in [0.15, 0.2) is 0 Å². The molecular weight excluding hydrogens is 308 g/mol. The number of carbonyl (C=O) groups excluding carboxylic acids is 2. The Labute approximate surface area is 142 Å². The summed E-state index contributed by atoms with van der Waals surface area (Å²) in [5, 5.41) is 1.89. The van der Waals surface area contributed by atoms with Crippen molar-refractivity contribution >= 4 is 12.0 Å². The van der Waals surface area contributed by atoms with Crippen molar-refractivity contribution in [3.63, 3.8) is 0 Å². The highest BCUT2D eigenvalue weighted by molar-refractivity contribution is 5.95. The fourth-order valence-corrected chi connectivity index (χ4v) is 3.39. The van der Waals surface area contributed by atoms with Crippen LogP contribution in [0.1, 0.15) is 39.3 Å². The van der Waals surface area contributed by atoms with E-state index in [2.05, 4.69) is 0 Å². The molecule has 3 atom stereocenters. The molecule has 2 aliphatic rings. The first-order valence-electron chi connectivity index (χ1n) is 8.30. The van der Waals surface area contributed by atoms with Gasteiger partial charge in [0, 0.05) is 5.54 Å². The highest BCUT2D eigenvalue weighted by atomic mass is 16.7. The molecule has 130 valence electrons. The number of nitrogens with zero attached hydrogens (tertiary/aromatic N) is 2. The number of carbonyl (C=O) groups is 2. The minimum Gasteiger partial charge on any atom is -0.447 e. The standard InChI is InChI=1S/C18H24N2O4/c1-12-14(16(21)19-10-11-23-17(19)22)15(13-8-6-5-7-9-13)20(24-12)18(2,3)4/h5-9,12,14-15H,10-11H2,1-4H3/t12-,14-,15+/m1/s1. The van der Waals surface area contributed by atoms with E-state index in [1.54, 1.807) is 0 Å². The first-order valence-corrected chi connectivity index (χ1v) is 8.30. The minimum absolute atomic E-state index is 0.231. The number of hydrogen-bond donors (Lipinski definition) is 0. The van der Waals surface area contributed by atoms with Gasteiger partial charge in [-0.2, -0.15) is 5.06 Å². The van der Waals surface area contributed by atoms with E-state index in [1.165, 1.54) is 4.90 Å². The van der Waals surface area contributed by atoms with Crippen molar-refractivity contribution in [1.82, 2.24) is 9.96 Å². The molecule has 0 aliphatic carbocycles. The van der Waals surface area contributed by atoms with Crippen molar-refractivity contribution in [2.75, 3.05) is 13.2 Å². The van der Waals surface area contributed by atoms with Crippen LogP contribution >= 0.6 is 0 Å². The summed E-state index contributed by atoms with van der Waals surface area (Å²) in [5.41, 5.74) is 0.720. The maximum absolute atomic E-state index is 13.0. The Bertz CT molecular complexity index is 626. The first kappa shape index (κ1) is 16.9. The fourth-order valence-electron chi connectivity index (χ4n) is 3.39. The van der Waals surface area contributed by atoms with E-state index in [4.69, 9.17) is 9.57 Å². The van der Waals surface area contributed by atoms with Gasteiger partial charge in [-0.15, -0.1) is 0 Å². The van der Waals surface area contributed by atoms with Gasteiger partial charge < -0.3 is 4.74 Å². The third-order valence-electron chi connectivity index (χ3n) is 4.49. The Balaban J connectivity index is 1.99.